The molecule has 2 aromatic carbocycles. The van der Waals surface area contributed by atoms with Crippen molar-refractivity contribution in [3.63, 3.8) is 0 Å². The second-order valence-corrected chi connectivity index (χ2v) is 13.0. The second-order valence-electron chi connectivity index (χ2n) is 11.4. The largest absolute Gasteiger partial charge is 0.493 e. The predicted octanol–water partition coefficient (Wildman–Crippen LogP) is 4.30. The van der Waals surface area contributed by atoms with Gasteiger partial charge in [0.25, 0.3) is 10.0 Å². The van der Waals surface area contributed by atoms with Crippen molar-refractivity contribution < 1.29 is 46.4 Å². The van der Waals surface area contributed by atoms with E-state index in [0.29, 0.717) is 47.7 Å². The van der Waals surface area contributed by atoms with Gasteiger partial charge in [-0.2, -0.15) is 4.40 Å². The van der Waals surface area contributed by atoms with Gasteiger partial charge in [0.15, 0.2) is 23.0 Å². The number of benzene rings is 2. The van der Waals surface area contributed by atoms with Gasteiger partial charge in [-0.25, -0.2) is 8.42 Å². The molecule has 0 aromatic heterocycles. The van der Waals surface area contributed by atoms with E-state index in [1.807, 2.05) is 43.0 Å². The standard InChI is InChI=1S/C32H42N2O10S/c1-7-10-34(11-8-2)27(33-45(6,36)37)9-12-41-30-21-16-24-23(43-18-44-24)15-20(21)28(29-22(30)17-42-32(29)35)19-13-25(38-3)31(40-5)26(14-19)39-4/h13-16,22,28-30H,7-12,17-18H2,1-6H3/t22-,28+,29-,30+/m0/s1. The lowest BCUT2D eigenvalue weighted by atomic mass is 9.66. The molecular formula is C32H42N2O10S. The summed E-state index contributed by atoms with van der Waals surface area (Å²) in [6, 6.07) is 7.53. The SMILES string of the molecule is CCCN(CCC)C(CCO[C@@H]1c2cc3c(cc2[C@@H](c2cc(OC)c(OC)c(OC)c2)[C@H]2C(=O)OC[C@@H]21)OCO3)=NS(C)(=O)=O. The number of carbonyl (C=O) groups excluding carboxylic acids is 1. The maximum absolute atomic E-state index is 13.5. The molecule has 0 amide bonds. The van der Waals surface area contributed by atoms with Crippen molar-refractivity contribution in [1.29, 1.82) is 0 Å². The summed E-state index contributed by atoms with van der Waals surface area (Å²) < 4.78 is 69.1. The van der Waals surface area contributed by atoms with Crippen LogP contribution in [0.2, 0.25) is 0 Å². The van der Waals surface area contributed by atoms with Crippen LogP contribution in [0.15, 0.2) is 28.7 Å². The minimum Gasteiger partial charge on any atom is -0.493 e. The third kappa shape index (κ3) is 6.64. The molecule has 1 saturated heterocycles. The molecule has 0 saturated carbocycles. The van der Waals surface area contributed by atoms with E-state index in [4.69, 9.17) is 33.2 Å². The molecule has 2 aromatic rings. The molecule has 0 bridgehead atoms. The highest BCUT2D eigenvalue weighted by molar-refractivity contribution is 7.89. The Balaban J connectivity index is 1.56. The Morgan fingerprint density at radius 3 is 2.11 bits per heavy atom. The number of carbonyl (C=O) groups is 1. The van der Waals surface area contributed by atoms with Crippen molar-refractivity contribution >= 4 is 21.8 Å². The van der Waals surface area contributed by atoms with Crippen LogP contribution >= 0.6 is 0 Å². The molecule has 1 fully saturated rings. The van der Waals surface area contributed by atoms with Crippen LogP contribution in [0, 0.1) is 11.8 Å². The second kappa shape index (κ2) is 13.7. The van der Waals surface area contributed by atoms with E-state index in [0.717, 1.165) is 35.8 Å². The Bertz CT molecular complexity index is 1510. The highest BCUT2D eigenvalue weighted by Crippen LogP contribution is 2.56. The van der Waals surface area contributed by atoms with Crippen molar-refractivity contribution in [2.45, 2.75) is 45.1 Å². The lowest BCUT2D eigenvalue weighted by Gasteiger charge is -2.39. The van der Waals surface area contributed by atoms with Crippen LogP contribution in [0.4, 0.5) is 0 Å². The van der Waals surface area contributed by atoms with Gasteiger partial charge in [0.05, 0.1) is 52.8 Å². The van der Waals surface area contributed by atoms with Gasteiger partial charge in [0.1, 0.15) is 5.84 Å². The molecule has 0 N–H and O–H groups in total. The summed E-state index contributed by atoms with van der Waals surface area (Å²) >= 11 is 0. The maximum Gasteiger partial charge on any atom is 0.310 e. The van der Waals surface area contributed by atoms with E-state index in [2.05, 4.69) is 4.40 Å². The minimum atomic E-state index is -3.63. The Labute approximate surface area is 264 Å². The Hall–Kier alpha value is -3.71. The fourth-order valence-corrected chi connectivity index (χ4v) is 7.24. The fraction of sp³-hybridized carbons (Fsp3) is 0.562. The first-order valence-corrected chi connectivity index (χ1v) is 17.0. The highest BCUT2D eigenvalue weighted by Gasteiger charge is 2.53. The number of fused-ring (bicyclic) bond motifs is 3. The van der Waals surface area contributed by atoms with Gasteiger partial charge < -0.3 is 38.1 Å². The summed E-state index contributed by atoms with van der Waals surface area (Å²) in [6.45, 7) is 5.89. The third-order valence-electron chi connectivity index (χ3n) is 8.41. The van der Waals surface area contributed by atoms with Crippen LogP contribution in [0.3, 0.4) is 0 Å². The van der Waals surface area contributed by atoms with Gasteiger partial charge in [-0.05, 0) is 53.8 Å². The molecule has 2 aliphatic heterocycles. The first kappa shape index (κ1) is 32.7. The number of amidine groups is 1. The van der Waals surface area contributed by atoms with Gasteiger partial charge in [0, 0.05) is 31.3 Å². The number of methoxy groups -OCH3 is 3. The zero-order valence-electron chi connectivity index (χ0n) is 26.7. The topological polar surface area (TPSA) is 131 Å². The molecule has 0 unspecified atom stereocenters. The van der Waals surface area contributed by atoms with Crippen LogP contribution < -0.4 is 23.7 Å². The van der Waals surface area contributed by atoms with Gasteiger partial charge in [-0.1, -0.05) is 13.8 Å². The van der Waals surface area contributed by atoms with Crippen molar-refractivity contribution in [3.8, 4) is 28.7 Å². The van der Waals surface area contributed by atoms with Gasteiger partial charge in [-0.15, -0.1) is 0 Å². The Morgan fingerprint density at radius 2 is 1.56 bits per heavy atom. The number of hydrogen-bond acceptors (Lipinski definition) is 10. The number of sulfonamides is 1. The van der Waals surface area contributed by atoms with Crippen molar-refractivity contribution in [3.05, 3.63) is 41.0 Å². The molecule has 45 heavy (non-hydrogen) atoms. The van der Waals surface area contributed by atoms with Crippen molar-refractivity contribution in [1.82, 2.24) is 4.90 Å². The quantitative estimate of drug-likeness (QED) is 0.175. The summed E-state index contributed by atoms with van der Waals surface area (Å²) in [4.78, 5) is 15.5. The van der Waals surface area contributed by atoms with Crippen LogP contribution in [-0.4, -0.2) is 85.8 Å². The third-order valence-corrected chi connectivity index (χ3v) is 8.95. The Kier molecular flexibility index (Phi) is 9.97. The predicted molar refractivity (Wildman–Crippen MR) is 166 cm³/mol. The fourth-order valence-electron chi connectivity index (χ4n) is 6.65. The summed E-state index contributed by atoms with van der Waals surface area (Å²) in [6.07, 6.45) is 2.54. The Morgan fingerprint density at radius 1 is 0.933 bits per heavy atom. The first-order valence-electron chi connectivity index (χ1n) is 15.2. The number of nitrogens with zero attached hydrogens (tertiary/aromatic N) is 2. The smallest absolute Gasteiger partial charge is 0.310 e. The minimum absolute atomic E-state index is 0.0868. The van der Waals surface area contributed by atoms with Crippen LogP contribution in [0.5, 0.6) is 28.7 Å². The first-order chi connectivity index (χ1) is 21.6. The highest BCUT2D eigenvalue weighted by atomic mass is 32.2. The molecule has 246 valence electrons. The molecule has 3 aliphatic rings. The van der Waals surface area contributed by atoms with Gasteiger partial charge in [0.2, 0.25) is 12.5 Å². The van der Waals surface area contributed by atoms with Gasteiger partial charge in [-0.3, -0.25) is 4.79 Å². The summed E-state index contributed by atoms with van der Waals surface area (Å²) in [5.41, 5.74) is 2.47. The van der Waals surface area contributed by atoms with E-state index >= 15 is 0 Å². The van der Waals surface area contributed by atoms with Gasteiger partial charge >= 0.3 is 5.97 Å². The number of rotatable bonds is 13. The molecule has 0 radical (unpaired) electrons. The molecular weight excluding hydrogens is 604 g/mol. The average Bonchev–Trinajstić information content (AvgIpc) is 3.64. The van der Waals surface area contributed by atoms with E-state index in [9.17, 15) is 13.2 Å². The number of ether oxygens (including phenoxy) is 7. The molecule has 5 rings (SSSR count). The molecule has 1 aliphatic carbocycles. The monoisotopic (exact) mass is 646 g/mol. The number of esters is 1. The zero-order chi connectivity index (χ0) is 32.3. The van der Waals surface area contributed by atoms with E-state index in [-0.39, 0.29) is 38.3 Å². The van der Waals surface area contributed by atoms with E-state index in [1.165, 1.54) is 0 Å². The number of hydrogen-bond donors (Lipinski definition) is 0. The van der Waals surface area contributed by atoms with Crippen LogP contribution in [0.1, 0.15) is 61.8 Å². The molecule has 4 atom stereocenters. The summed E-state index contributed by atoms with van der Waals surface area (Å²) in [7, 11) is 1.01. The normalized spacial score (nSPS) is 22.0. The lowest BCUT2D eigenvalue weighted by Crippen LogP contribution is -2.37. The van der Waals surface area contributed by atoms with Crippen LogP contribution in [0.25, 0.3) is 0 Å². The molecule has 2 heterocycles. The average molecular weight is 647 g/mol. The zero-order valence-corrected chi connectivity index (χ0v) is 27.5. The molecule has 13 heteroatoms. The van der Waals surface area contributed by atoms with Crippen molar-refractivity contribution in [2.75, 3.05) is 60.7 Å². The van der Waals surface area contributed by atoms with E-state index in [1.54, 1.807) is 21.3 Å². The summed E-state index contributed by atoms with van der Waals surface area (Å²) in [5, 5.41) is 0. The maximum atomic E-state index is 13.5. The van der Waals surface area contributed by atoms with Crippen LogP contribution in [-0.2, 0) is 24.3 Å². The summed E-state index contributed by atoms with van der Waals surface area (Å²) in [5.74, 6) is 1.35. The molecule has 12 nitrogen and oxygen atoms in total. The number of cyclic esters (lactones) is 1. The van der Waals surface area contributed by atoms with Crippen molar-refractivity contribution in [2.24, 2.45) is 16.2 Å². The lowest BCUT2D eigenvalue weighted by molar-refractivity contribution is -0.141. The van der Waals surface area contributed by atoms with E-state index < -0.39 is 28.0 Å². The molecule has 0 spiro atoms.